The smallest absolute Gasteiger partial charge is 0.243 e. The molecule has 1 unspecified atom stereocenters. The van der Waals surface area contributed by atoms with Gasteiger partial charge in [0.25, 0.3) is 0 Å². The average molecular weight is 301 g/mol. The van der Waals surface area contributed by atoms with Crippen LogP contribution in [0.15, 0.2) is 24.3 Å². The summed E-state index contributed by atoms with van der Waals surface area (Å²) in [5.74, 6) is -0.380. The zero-order chi connectivity index (χ0) is 15.4. The van der Waals surface area contributed by atoms with Crippen molar-refractivity contribution in [2.45, 2.75) is 44.7 Å². The number of benzene rings is 1. The van der Waals surface area contributed by atoms with Crippen LogP contribution in [-0.4, -0.2) is 30.9 Å². The first-order chi connectivity index (χ1) is 10.7. The molecule has 5 heteroatoms. The molecule has 0 spiro atoms. The first-order valence-corrected chi connectivity index (χ1v) is 8.13. The Morgan fingerprint density at radius 2 is 1.82 bits per heavy atom. The van der Waals surface area contributed by atoms with Crippen molar-refractivity contribution in [1.29, 1.82) is 0 Å². The van der Waals surface area contributed by atoms with Crippen molar-refractivity contribution in [3.8, 4) is 0 Å². The monoisotopic (exact) mass is 301 g/mol. The number of rotatable bonds is 4. The third kappa shape index (κ3) is 3.65. The summed E-state index contributed by atoms with van der Waals surface area (Å²) in [6.45, 7) is 2.94. The number of nitrogens with one attached hydrogen (secondary N) is 2. The van der Waals surface area contributed by atoms with Crippen molar-refractivity contribution in [2.24, 2.45) is 0 Å². The van der Waals surface area contributed by atoms with Crippen molar-refractivity contribution in [1.82, 2.24) is 10.6 Å². The molecule has 2 N–H and O–H groups in total. The lowest BCUT2D eigenvalue weighted by Gasteiger charge is -2.29. The van der Waals surface area contributed by atoms with E-state index in [1.807, 2.05) is 0 Å². The lowest BCUT2D eigenvalue weighted by molar-refractivity contribution is -0.134. The molecule has 118 valence electrons. The van der Waals surface area contributed by atoms with Gasteiger partial charge in [-0.05, 0) is 43.4 Å². The summed E-state index contributed by atoms with van der Waals surface area (Å²) in [6.07, 6.45) is 4.88. The van der Waals surface area contributed by atoms with Crippen molar-refractivity contribution in [3.63, 3.8) is 0 Å². The van der Waals surface area contributed by atoms with Gasteiger partial charge in [0.1, 0.15) is 0 Å². The van der Waals surface area contributed by atoms with Crippen LogP contribution < -0.4 is 15.5 Å². The fourth-order valence-corrected chi connectivity index (χ4v) is 3.11. The number of amides is 2. The van der Waals surface area contributed by atoms with Crippen LogP contribution in [0.2, 0.25) is 0 Å². The van der Waals surface area contributed by atoms with Crippen LogP contribution in [-0.2, 0) is 16.1 Å². The highest BCUT2D eigenvalue weighted by Crippen LogP contribution is 2.20. The normalized spacial score (nSPS) is 22.5. The van der Waals surface area contributed by atoms with Crippen LogP contribution in [0.5, 0.6) is 0 Å². The number of carbonyl (C=O) groups is 2. The molecule has 2 saturated heterocycles. The van der Waals surface area contributed by atoms with Crippen molar-refractivity contribution in [2.75, 3.05) is 18.0 Å². The summed E-state index contributed by atoms with van der Waals surface area (Å²) < 4.78 is 0. The minimum atomic E-state index is -0.264. The standard InChI is InChI=1S/C17H23N3O2/c21-16-9-8-15(17(22)19-16)18-12-13-4-6-14(7-5-13)20-10-2-1-3-11-20/h4-7,15,18H,1-3,8-12H2,(H,19,21,22). The Morgan fingerprint density at radius 1 is 1.09 bits per heavy atom. The molecular weight excluding hydrogens is 278 g/mol. The second-order valence-corrected chi connectivity index (χ2v) is 6.10. The van der Waals surface area contributed by atoms with Gasteiger partial charge in [0.15, 0.2) is 0 Å². The van der Waals surface area contributed by atoms with Crippen LogP contribution in [0, 0.1) is 0 Å². The molecular formula is C17H23N3O2. The van der Waals surface area contributed by atoms with E-state index in [4.69, 9.17) is 0 Å². The third-order valence-corrected chi connectivity index (χ3v) is 4.45. The lowest BCUT2D eigenvalue weighted by atomic mass is 10.1. The molecule has 0 radical (unpaired) electrons. The number of carbonyl (C=O) groups excluding carboxylic acids is 2. The quantitative estimate of drug-likeness (QED) is 0.829. The molecule has 2 fully saturated rings. The summed E-state index contributed by atoms with van der Waals surface area (Å²) in [5, 5.41) is 5.60. The fraction of sp³-hybridized carbons (Fsp3) is 0.529. The highest BCUT2D eigenvalue weighted by Gasteiger charge is 2.25. The topological polar surface area (TPSA) is 61.4 Å². The van der Waals surface area contributed by atoms with Gasteiger partial charge >= 0.3 is 0 Å². The van der Waals surface area contributed by atoms with E-state index in [0.717, 1.165) is 18.7 Å². The highest BCUT2D eigenvalue weighted by atomic mass is 16.2. The predicted molar refractivity (Wildman–Crippen MR) is 85.5 cm³/mol. The predicted octanol–water partition coefficient (Wildman–Crippen LogP) is 1.57. The molecule has 0 saturated carbocycles. The van der Waals surface area contributed by atoms with Crippen LogP contribution in [0.25, 0.3) is 0 Å². The Bertz CT molecular complexity index is 535. The summed E-state index contributed by atoms with van der Waals surface area (Å²) in [6, 6.07) is 8.28. The average Bonchev–Trinajstić information content (AvgIpc) is 2.55. The minimum Gasteiger partial charge on any atom is -0.372 e. The van der Waals surface area contributed by atoms with E-state index in [1.165, 1.54) is 24.9 Å². The maximum atomic E-state index is 11.7. The summed E-state index contributed by atoms with van der Waals surface area (Å²) in [5.41, 5.74) is 2.44. The molecule has 2 aliphatic rings. The molecule has 1 atom stereocenters. The Morgan fingerprint density at radius 3 is 2.50 bits per heavy atom. The van der Waals surface area contributed by atoms with E-state index in [9.17, 15) is 9.59 Å². The number of hydrogen-bond acceptors (Lipinski definition) is 4. The summed E-state index contributed by atoms with van der Waals surface area (Å²) in [7, 11) is 0. The van der Waals surface area contributed by atoms with E-state index >= 15 is 0 Å². The van der Waals surface area contributed by atoms with E-state index < -0.39 is 0 Å². The molecule has 2 heterocycles. The lowest BCUT2D eigenvalue weighted by Crippen LogP contribution is -2.50. The van der Waals surface area contributed by atoms with E-state index in [2.05, 4.69) is 39.8 Å². The van der Waals surface area contributed by atoms with Gasteiger partial charge in [0.05, 0.1) is 6.04 Å². The number of anilines is 1. The number of nitrogens with zero attached hydrogens (tertiary/aromatic N) is 1. The van der Waals surface area contributed by atoms with Crippen LogP contribution in [0.3, 0.4) is 0 Å². The van der Waals surface area contributed by atoms with Gasteiger partial charge in [-0.3, -0.25) is 14.9 Å². The molecule has 22 heavy (non-hydrogen) atoms. The van der Waals surface area contributed by atoms with Crippen molar-refractivity contribution >= 4 is 17.5 Å². The summed E-state index contributed by atoms with van der Waals surface area (Å²) in [4.78, 5) is 25.2. The molecule has 1 aromatic carbocycles. The Kier molecular flexibility index (Phi) is 4.73. The van der Waals surface area contributed by atoms with Crippen LogP contribution in [0.4, 0.5) is 5.69 Å². The molecule has 5 nitrogen and oxygen atoms in total. The molecule has 0 aliphatic carbocycles. The number of piperidine rings is 2. The molecule has 2 amide bonds. The summed E-state index contributed by atoms with van der Waals surface area (Å²) >= 11 is 0. The molecule has 3 rings (SSSR count). The molecule has 2 aliphatic heterocycles. The van der Waals surface area contributed by atoms with Gasteiger partial charge in [0, 0.05) is 31.7 Å². The second-order valence-electron chi connectivity index (χ2n) is 6.10. The van der Waals surface area contributed by atoms with Gasteiger partial charge < -0.3 is 10.2 Å². The Balaban J connectivity index is 1.52. The van der Waals surface area contributed by atoms with Gasteiger partial charge in [-0.2, -0.15) is 0 Å². The number of hydrogen-bond donors (Lipinski definition) is 2. The fourth-order valence-electron chi connectivity index (χ4n) is 3.11. The van der Waals surface area contributed by atoms with E-state index in [-0.39, 0.29) is 17.9 Å². The van der Waals surface area contributed by atoms with Gasteiger partial charge in [-0.1, -0.05) is 12.1 Å². The van der Waals surface area contributed by atoms with Crippen molar-refractivity contribution in [3.05, 3.63) is 29.8 Å². The zero-order valence-electron chi connectivity index (χ0n) is 12.8. The second kappa shape index (κ2) is 6.92. The maximum Gasteiger partial charge on any atom is 0.243 e. The van der Waals surface area contributed by atoms with Gasteiger partial charge in [-0.15, -0.1) is 0 Å². The Hall–Kier alpha value is -1.88. The van der Waals surface area contributed by atoms with Gasteiger partial charge in [0.2, 0.25) is 11.8 Å². The van der Waals surface area contributed by atoms with E-state index in [1.54, 1.807) is 0 Å². The van der Waals surface area contributed by atoms with Gasteiger partial charge in [-0.25, -0.2) is 0 Å². The third-order valence-electron chi connectivity index (χ3n) is 4.45. The number of imide groups is 1. The molecule has 1 aromatic rings. The zero-order valence-corrected chi connectivity index (χ0v) is 12.8. The molecule has 0 bridgehead atoms. The highest BCUT2D eigenvalue weighted by molar-refractivity contribution is 6.00. The first-order valence-electron chi connectivity index (χ1n) is 8.13. The maximum absolute atomic E-state index is 11.7. The first kappa shape index (κ1) is 15.0. The SMILES string of the molecule is O=C1CCC(NCc2ccc(N3CCCCC3)cc2)C(=O)N1. The minimum absolute atomic E-state index is 0.172. The van der Waals surface area contributed by atoms with Crippen LogP contribution in [0.1, 0.15) is 37.7 Å². The van der Waals surface area contributed by atoms with Crippen LogP contribution >= 0.6 is 0 Å². The molecule has 0 aromatic heterocycles. The largest absolute Gasteiger partial charge is 0.372 e. The van der Waals surface area contributed by atoms with Crippen molar-refractivity contribution < 1.29 is 9.59 Å². The Labute approximate surface area is 131 Å². The van der Waals surface area contributed by atoms with E-state index in [0.29, 0.717) is 19.4 Å².